The average Bonchev–Trinajstić information content (AvgIpc) is 3.36. The number of thiol groups is 1. The van der Waals surface area contributed by atoms with E-state index in [1.807, 2.05) is 6.07 Å². The minimum absolute atomic E-state index is 0.417. The molecule has 2 saturated carbocycles. The molecule has 0 radical (unpaired) electrons. The number of aromatic nitrogens is 3. The van der Waals surface area contributed by atoms with Gasteiger partial charge in [-0.25, -0.2) is 9.67 Å². The van der Waals surface area contributed by atoms with Crippen LogP contribution in [-0.2, 0) is 6.18 Å². The second-order valence-electron chi connectivity index (χ2n) is 6.03. The first-order valence-corrected chi connectivity index (χ1v) is 7.74. The Kier molecular flexibility index (Phi) is 3.04. The topological polar surface area (TPSA) is 30.7 Å². The van der Waals surface area contributed by atoms with Gasteiger partial charge >= 0.3 is 6.18 Å². The summed E-state index contributed by atoms with van der Waals surface area (Å²) in [6.07, 6.45) is 1.08. The van der Waals surface area contributed by atoms with Gasteiger partial charge < -0.3 is 0 Å². The Balaban J connectivity index is 1.80. The summed E-state index contributed by atoms with van der Waals surface area (Å²) < 4.78 is 39.3. The lowest BCUT2D eigenvalue weighted by molar-refractivity contribution is -0.144. The van der Waals surface area contributed by atoms with E-state index in [2.05, 4.69) is 28.8 Å². The van der Waals surface area contributed by atoms with Crippen LogP contribution < -0.4 is 0 Å². The number of benzene rings is 1. The fourth-order valence-corrected chi connectivity index (χ4v) is 3.13. The van der Waals surface area contributed by atoms with Crippen molar-refractivity contribution in [3.8, 4) is 5.69 Å². The van der Waals surface area contributed by atoms with Crippen molar-refractivity contribution in [1.29, 1.82) is 0 Å². The number of alkyl halides is 3. The van der Waals surface area contributed by atoms with Gasteiger partial charge in [0.2, 0.25) is 0 Å². The summed E-state index contributed by atoms with van der Waals surface area (Å²) in [6.45, 7) is 0. The Bertz CT molecular complexity index is 730. The van der Waals surface area contributed by atoms with E-state index in [1.165, 1.54) is 23.1 Å². The van der Waals surface area contributed by atoms with Crippen LogP contribution in [0.5, 0.6) is 0 Å². The molecule has 0 saturated heterocycles. The zero-order valence-electron chi connectivity index (χ0n) is 11.6. The maximum absolute atomic E-state index is 12.7. The SMILES string of the molecule is FC(F)(F)c1ncn(-c2cc(S)c(C3CC3)cc2C2CC2)n1. The molecular formula is C15H14F3N3S. The highest BCUT2D eigenvalue weighted by atomic mass is 32.1. The molecule has 0 bridgehead atoms. The van der Waals surface area contributed by atoms with E-state index in [4.69, 9.17) is 0 Å². The third-order valence-electron chi connectivity index (χ3n) is 4.20. The lowest BCUT2D eigenvalue weighted by Crippen LogP contribution is -2.09. The van der Waals surface area contributed by atoms with Gasteiger partial charge in [-0.05, 0) is 54.7 Å². The van der Waals surface area contributed by atoms with Crippen LogP contribution in [0.4, 0.5) is 13.2 Å². The predicted octanol–water partition coefficient (Wildman–Crippen LogP) is 4.33. The molecule has 1 aromatic carbocycles. The van der Waals surface area contributed by atoms with Gasteiger partial charge in [0.1, 0.15) is 6.33 Å². The van der Waals surface area contributed by atoms with Crippen molar-refractivity contribution < 1.29 is 13.2 Å². The van der Waals surface area contributed by atoms with E-state index in [1.54, 1.807) is 0 Å². The van der Waals surface area contributed by atoms with Crippen LogP contribution in [0.2, 0.25) is 0 Å². The molecule has 0 amide bonds. The molecule has 2 aliphatic rings. The number of nitrogens with zero attached hydrogens (tertiary/aromatic N) is 3. The minimum atomic E-state index is -4.53. The first kappa shape index (κ1) is 14.1. The lowest BCUT2D eigenvalue weighted by atomic mass is 10.0. The Labute approximate surface area is 131 Å². The maximum Gasteiger partial charge on any atom is 0.453 e. The summed E-state index contributed by atoms with van der Waals surface area (Å²) in [5.41, 5.74) is 2.95. The van der Waals surface area contributed by atoms with Crippen LogP contribution in [0, 0.1) is 0 Å². The molecular weight excluding hydrogens is 311 g/mol. The molecule has 1 heterocycles. The van der Waals surface area contributed by atoms with E-state index >= 15 is 0 Å². The lowest BCUT2D eigenvalue weighted by Gasteiger charge is -2.13. The van der Waals surface area contributed by atoms with Crippen LogP contribution in [0.25, 0.3) is 5.69 Å². The molecule has 116 valence electrons. The Morgan fingerprint density at radius 2 is 1.68 bits per heavy atom. The summed E-state index contributed by atoms with van der Waals surface area (Å²) in [5, 5.41) is 3.60. The Hall–Kier alpha value is -1.50. The molecule has 2 fully saturated rings. The van der Waals surface area contributed by atoms with Crippen LogP contribution in [0.3, 0.4) is 0 Å². The van der Waals surface area contributed by atoms with Crippen molar-refractivity contribution in [2.24, 2.45) is 0 Å². The zero-order chi connectivity index (χ0) is 15.5. The molecule has 0 spiro atoms. The molecule has 0 aliphatic heterocycles. The van der Waals surface area contributed by atoms with Crippen molar-refractivity contribution in [2.45, 2.75) is 48.6 Å². The highest BCUT2D eigenvalue weighted by molar-refractivity contribution is 7.80. The maximum atomic E-state index is 12.7. The normalized spacial score (nSPS) is 18.7. The standard InChI is InChI=1S/C15H14F3N3S/c16-15(17,18)14-19-7-21(20-14)12-6-13(22)11(9-3-4-9)5-10(12)8-1-2-8/h5-9,22H,1-4H2. The van der Waals surface area contributed by atoms with Crippen LogP contribution in [0.1, 0.15) is 54.5 Å². The van der Waals surface area contributed by atoms with E-state index in [0.717, 1.165) is 29.6 Å². The van der Waals surface area contributed by atoms with Gasteiger partial charge in [-0.3, -0.25) is 0 Å². The monoisotopic (exact) mass is 325 g/mol. The third kappa shape index (κ3) is 2.51. The highest BCUT2D eigenvalue weighted by Crippen LogP contribution is 2.48. The third-order valence-corrected chi connectivity index (χ3v) is 4.59. The fourth-order valence-electron chi connectivity index (χ4n) is 2.76. The number of hydrogen-bond donors (Lipinski definition) is 1. The minimum Gasteiger partial charge on any atom is -0.220 e. The smallest absolute Gasteiger partial charge is 0.220 e. The van der Waals surface area contributed by atoms with Crippen molar-refractivity contribution >= 4 is 12.6 Å². The van der Waals surface area contributed by atoms with E-state index < -0.39 is 12.0 Å². The summed E-state index contributed by atoms with van der Waals surface area (Å²) in [7, 11) is 0. The van der Waals surface area contributed by atoms with Gasteiger partial charge in [0.05, 0.1) is 5.69 Å². The largest absolute Gasteiger partial charge is 0.453 e. The molecule has 3 nitrogen and oxygen atoms in total. The fraction of sp³-hybridized carbons (Fsp3) is 0.467. The molecule has 2 aliphatic carbocycles. The van der Waals surface area contributed by atoms with Crippen LogP contribution in [-0.4, -0.2) is 14.8 Å². The van der Waals surface area contributed by atoms with Gasteiger partial charge in [-0.15, -0.1) is 17.7 Å². The molecule has 0 atom stereocenters. The second-order valence-corrected chi connectivity index (χ2v) is 6.51. The van der Waals surface area contributed by atoms with Gasteiger partial charge in [-0.1, -0.05) is 6.07 Å². The van der Waals surface area contributed by atoms with Gasteiger partial charge in [0.25, 0.3) is 5.82 Å². The van der Waals surface area contributed by atoms with Gasteiger partial charge in [0.15, 0.2) is 0 Å². The Morgan fingerprint density at radius 1 is 1.05 bits per heavy atom. The van der Waals surface area contributed by atoms with Crippen molar-refractivity contribution in [2.75, 3.05) is 0 Å². The summed E-state index contributed by atoms with van der Waals surface area (Å²) in [4.78, 5) is 4.21. The first-order valence-electron chi connectivity index (χ1n) is 7.29. The summed E-state index contributed by atoms with van der Waals surface area (Å²) >= 11 is 4.51. The zero-order valence-corrected chi connectivity index (χ0v) is 12.5. The molecule has 0 unspecified atom stereocenters. The number of halogens is 3. The average molecular weight is 325 g/mol. The molecule has 2 aromatic rings. The van der Waals surface area contributed by atoms with Crippen LogP contribution >= 0.6 is 12.6 Å². The van der Waals surface area contributed by atoms with E-state index in [9.17, 15) is 13.2 Å². The molecule has 7 heteroatoms. The van der Waals surface area contributed by atoms with Crippen LogP contribution in [0.15, 0.2) is 23.4 Å². The molecule has 22 heavy (non-hydrogen) atoms. The van der Waals surface area contributed by atoms with Gasteiger partial charge in [-0.2, -0.15) is 13.2 Å². The van der Waals surface area contributed by atoms with Crippen molar-refractivity contribution in [1.82, 2.24) is 14.8 Å². The van der Waals surface area contributed by atoms with E-state index in [0.29, 0.717) is 17.5 Å². The van der Waals surface area contributed by atoms with Crippen molar-refractivity contribution in [3.05, 3.63) is 35.4 Å². The highest BCUT2D eigenvalue weighted by Gasteiger charge is 2.37. The first-order chi connectivity index (χ1) is 10.4. The molecule has 0 N–H and O–H groups in total. The number of hydrogen-bond acceptors (Lipinski definition) is 3. The summed E-state index contributed by atoms with van der Waals surface area (Å²) in [6, 6.07) is 3.95. The number of rotatable bonds is 3. The molecule has 1 aromatic heterocycles. The predicted molar refractivity (Wildman–Crippen MR) is 77.6 cm³/mol. The summed E-state index contributed by atoms with van der Waals surface area (Å²) in [5.74, 6) is -0.137. The van der Waals surface area contributed by atoms with Gasteiger partial charge in [0, 0.05) is 4.90 Å². The Morgan fingerprint density at radius 3 is 2.23 bits per heavy atom. The quantitative estimate of drug-likeness (QED) is 0.852. The second kappa shape index (κ2) is 4.75. The van der Waals surface area contributed by atoms with Crippen molar-refractivity contribution in [3.63, 3.8) is 0 Å². The molecule has 4 rings (SSSR count). The van der Waals surface area contributed by atoms with E-state index in [-0.39, 0.29) is 0 Å².